The van der Waals surface area contributed by atoms with Crippen LogP contribution in [0, 0.1) is 6.92 Å². The Hall–Kier alpha value is -1.75. The summed E-state index contributed by atoms with van der Waals surface area (Å²) < 4.78 is 16.2. The van der Waals surface area contributed by atoms with E-state index < -0.39 is 11.6 Å². The molecule has 0 aliphatic carbocycles. The van der Waals surface area contributed by atoms with Gasteiger partial charge in [0, 0.05) is 18.1 Å². The highest BCUT2D eigenvalue weighted by atomic mass is 16.5. The van der Waals surface area contributed by atoms with Crippen molar-refractivity contribution in [3.8, 4) is 11.5 Å². The standard InChI is InChI=1S/C14H18O5/c1-9-6-10(17-2)7-11(18-3)13(9)14(4-5-19-14)8-12(15)16/h6-7H,4-5,8H2,1-3H3,(H,15,16). The average Bonchev–Trinajstić information content (AvgIpc) is 2.33. The molecule has 1 aliphatic heterocycles. The van der Waals surface area contributed by atoms with Crippen LogP contribution in [-0.4, -0.2) is 31.9 Å². The number of benzene rings is 1. The van der Waals surface area contributed by atoms with Crippen molar-refractivity contribution in [1.82, 2.24) is 0 Å². The Morgan fingerprint density at radius 1 is 1.42 bits per heavy atom. The van der Waals surface area contributed by atoms with Gasteiger partial charge >= 0.3 is 5.97 Å². The molecule has 0 radical (unpaired) electrons. The summed E-state index contributed by atoms with van der Waals surface area (Å²) in [5.41, 5.74) is 0.953. The number of ether oxygens (including phenoxy) is 3. The van der Waals surface area contributed by atoms with Gasteiger partial charge in [0.15, 0.2) is 0 Å². The van der Waals surface area contributed by atoms with Gasteiger partial charge in [0.25, 0.3) is 0 Å². The SMILES string of the molecule is COc1cc(C)c(C2(CC(=O)O)CCO2)c(OC)c1. The molecule has 1 fully saturated rings. The number of carboxylic acids is 1. The van der Waals surface area contributed by atoms with Crippen molar-refractivity contribution in [1.29, 1.82) is 0 Å². The third-order valence-electron chi connectivity index (χ3n) is 3.51. The van der Waals surface area contributed by atoms with Gasteiger partial charge in [-0.3, -0.25) is 4.79 Å². The Morgan fingerprint density at radius 2 is 2.11 bits per heavy atom. The lowest BCUT2D eigenvalue weighted by Crippen LogP contribution is -2.43. The Morgan fingerprint density at radius 3 is 2.53 bits per heavy atom. The highest BCUT2D eigenvalue weighted by molar-refractivity contribution is 5.70. The fourth-order valence-corrected chi connectivity index (χ4v) is 2.60. The molecule has 104 valence electrons. The Kier molecular flexibility index (Phi) is 3.66. The van der Waals surface area contributed by atoms with Gasteiger partial charge in [-0.1, -0.05) is 0 Å². The summed E-state index contributed by atoms with van der Waals surface area (Å²) in [6, 6.07) is 3.62. The first-order valence-corrected chi connectivity index (χ1v) is 6.11. The van der Waals surface area contributed by atoms with E-state index in [9.17, 15) is 4.79 Å². The number of hydrogen-bond donors (Lipinski definition) is 1. The van der Waals surface area contributed by atoms with Gasteiger partial charge in [-0.15, -0.1) is 0 Å². The van der Waals surface area contributed by atoms with Crippen LogP contribution in [0.15, 0.2) is 12.1 Å². The molecule has 0 saturated carbocycles. The Labute approximate surface area is 112 Å². The lowest BCUT2D eigenvalue weighted by Gasteiger charge is -2.42. The van der Waals surface area contributed by atoms with Gasteiger partial charge in [-0.2, -0.15) is 0 Å². The maximum absolute atomic E-state index is 11.1. The maximum Gasteiger partial charge on any atom is 0.306 e. The van der Waals surface area contributed by atoms with Crippen LogP contribution in [0.3, 0.4) is 0 Å². The van der Waals surface area contributed by atoms with Crippen LogP contribution >= 0.6 is 0 Å². The normalized spacial score (nSPS) is 21.6. The maximum atomic E-state index is 11.1. The minimum Gasteiger partial charge on any atom is -0.497 e. The van der Waals surface area contributed by atoms with Gasteiger partial charge in [-0.05, 0) is 18.6 Å². The molecule has 1 N–H and O–H groups in total. The number of carbonyl (C=O) groups is 1. The molecule has 1 aromatic carbocycles. The molecule has 1 unspecified atom stereocenters. The number of aliphatic carboxylic acids is 1. The second-order valence-corrected chi connectivity index (χ2v) is 4.68. The van der Waals surface area contributed by atoms with Crippen LogP contribution in [-0.2, 0) is 15.1 Å². The topological polar surface area (TPSA) is 65.0 Å². The highest BCUT2D eigenvalue weighted by Gasteiger charge is 2.45. The van der Waals surface area contributed by atoms with E-state index in [0.29, 0.717) is 24.5 Å². The quantitative estimate of drug-likeness (QED) is 0.884. The summed E-state index contributed by atoms with van der Waals surface area (Å²) in [6.45, 7) is 2.48. The molecule has 5 nitrogen and oxygen atoms in total. The zero-order valence-corrected chi connectivity index (χ0v) is 11.4. The summed E-state index contributed by atoms with van der Waals surface area (Å²) in [6.07, 6.45) is 0.624. The van der Waals surface area contributed by atoms with Crippen LogP contribution in [0.1, 0.15) is 24.0 Å². The summed E-state index contributed by atoms with van der Waals surface area (Å²) in [7, 11) is 3.14. The number of carboxylic acid groups (broad SMARTS) is 1. The number of aryl methyl sites for hydroxylation is 1. The van der Waals surface area contributed by atoms with Crippen molar-refractivity contribution in [3.63, 3.8) is 0 Å². The van der Waals surface area contributed by atoms with E-state index in [4.69, 9.17) is 19.3 Å². The lowest BCUT2D eigenvalue weighted by atomic mass is 9.80. The first-order chi connectivity index (χ1) is 9.02. The second-order valence-electron chi connectivity index (χ2n) is 4.68. The molecule has 1 saturated heterocycles. The fraction of sp³-hybridized carbons (Fsp3) is 0.500. The van der Waals surface area contributed by atoms with Gasteiger partial charge in [0.05, 0.1) is 27.2 Å². The monoisotopic (exact) mass is 266 g/mol. The van der Waals surface area contributed by atoms with E-state index in [1.54, 1.807) is 20.3 Å². The van der Waals surface area contributed by atoms with Crippen molar-refractivity contribution >= 4 is 5.97 Å². The molecule has 1 aromatic rings. The molecule has 1 heterocycles. The van der Waals surface area contributed by atoms with Gasteiger partial charge in [-0.25, -0.2) is 0 Å². The molecule has 0 spiro atoms. The first kappa shape index (κ1) is 13.7. The first-order valence-electron chi connectivity index (χ1n) is 6.11. The molecular weight excluding hydrogens is 248 g/mol. The Bertz CT molecular complexity index is 491. The predicted octanol–water partition coefficient (Wildman–Crippen LogP) is 2.10. The molecular formula is C14H18O5. The van der Waals surface area contributed by atoms with Gasteiger partial charge < -0.3 is 19.3 Å². The van der Waals surface area contributed by atoms with Crippen molar-refractivity contribution in [2.24, 2.45) is 0 Å². The fourth-order valence-electron chi connectivity index (χ4n) is 2.60. The van der Waals surface area contributed by atoms with Crippen molar-refractivity contribution < 1.29 is 24.1 Å². The van der Waals surface area contributed by atoms with E-state index in [-0.39, 0.29) is 6.42 Å². The predicted molar refractivity (Wildman–Crippen MR) is 68.8 cm³/mol. The molecule has 2 rings (SSSR count). The van der Waals surface area contributed by atoms with Crippen LogP contribution < -0.4 is 9.47 Å². The minimum absolute atomic E-state index is 0.0590. The zero-order chi connectivity index (χ0) is 14.0. The third-order valence-corrected chi connectivity index (χ3v) is 3.51. The second kappa shape index (κ2) is 5.09. The number of hydrogen-bond acceptors (Lipinski definition) is 4. The highest BCUT2D eigenvalue weighted by Crippen LogP contribution is 2.47. The van der Waals surface area contributed by atoms with Crippen molar-refractivity contribution in [2.75, 3.05) is 20.8 Å². The molecule has 19 heavy (non-hydrogen) atoms. The molecule has 5 heteroatoms. The van der Waals surface area contributed by atoms with E-state index >= 15 is 0 Å². The average molecular weight is 266 g/mol. The molecule has 0 bridgehead atoms. The summed E-state index contributed by atoms with van der Waals surface area (Å²) in [5, 5.41) is 9.09. The smallest absolute Gasteiger partial charge is 0.306 e. The minimum atomic E-state index is -0.878. The van der Waals surface area contributed by atoms with E-state index in [1.165, 1.54) is 0 Å². The van der Waals surface area contributed by atoms with Crippen LogP contribution in [0.25, 0.3) is 0 Å². The zero-order valence-electron chi connectivity index (χ0n) is 11.4. The summed E-state index contributed by atoms with van der Waals surface area (Å²) in [4.78, 5) is 11.1. The van der Waals surface area contributed by atoms with Crippen molar-refractivity contribution in [2.45, 2.75) is 25.4 Å². The molecule has 0 aromatic heterocycles. The van der Waals surface area contributed by atoms with Crippen LogP contribution in [0.4, 0.5) is 0 Å². The molecule has 1 aliphatic rings. The lowest BCUT2D eigenvalue weighted by molar-refractivity contribution is -0.176. The molecule has 0 amide bonds. The summed E-state index contributed by atoms with van der Waals surface area (Å²) >= 11 is 0. The van der Waals surface area contributed by atoms with E-state index in [1.807, 2.05) is 13.0 Å². The van der Waals surface area contributed by atoms with Crippen molar-refractivity contribution in [3.05, 3.63) is 23.3 Å². The number of rotatable bonds is 5. The van der Waals surface area contributed by atoms with Crippen LogP contribution in [0.5, 0.6) is 11.5 Å². The van der Waals surface area contributed by atoms with E-state index in [0.717, 1.165) is 11.1 Å². The summed E-state index contributed by atoms with van der Waals surface area (Å²) in [5.74, 6) is 0.415. The third kappa shape index (κ3) is 2.38. The van der Waals surface area contributed by atoms with Gasteiger partial charge in [0.2, 0.25) is 0 Å². The largest absolute Gasteiger partial charge is 0.497 e. The van der Waals surface area contributed by atoms with E-state index in [2.05, 4.69) is 0 Å². The van der Waals surface area contributed by atoms with Gasteiger partial charge in [0.1, 0.15) is 17.1 Å². The van der Waals surface area contributed by atoms with Crippen LogP contribution in [0.2, 0.25) is 0 Å². The molecule has 1 atom stereocenters. The Balaban J connectivity index is 2.50. The number of methoxy groups -OCH3 is 2.